The summed E-state index contributed by atoms with van der Waals surface area (Å²) in [5.41, 5.74) is 0. The molecule has 0 aliphatic carbocycles. The van der Waals surface area contributed by atoms with Gasteiger partial charge in [0, 0.05) is 52.4 Å². The Labute approximate surface area is 361 Å². The minimum absolute atomic E-state index is 0. The third-order valence-electron chi connectivity index (χ3n) is 7.42. The van der Waals surface area contributed by atoms with Crippen LogP contribution in [0.15, 0.2) is 0 Å². The van der Waals surface area contributed by atoms with Crippen LogP contribution in [0.2, 0.25) is 0 Å². The van der Waals surface area contributed by atoms with Crippen LogP contribution in [0.1, 0.15) is 0 Å². The topological polar surface area (TPSA) is 328 Å². The molecule has 0 spiro atoms. The number of hydrogen-bond acceptors (Lipinski definition) is 20. The van der Waals surface area contributed by atoms with Gasteiger partial charge < -0.3 is 95.3 Å². The van der Waals surface area contributed by atoms with Crippen LogP contribution in [0, 0.1) is 0 Å². The third-order valence-corrected chi connectivity index (χ3v) is 10.4. The molecule has 2 aliphatic rings. The zero-order valence-corrected chi connectivity index (χ0v) is 37.8. The van der Waals surface area contributed by atoms with Crippen molar-refractivity contribution in [2.24, 2.45) is 0 Å². The van der Waals surface area contributed by atoms with Crippen LogP contribution >= 0.6 is 30.4 Å². The molecule has 4 N–H and O–H groups in total. The summed E-state index contributed by atoms with van der Waals surface area (Å²) in [4.78, 5) is 86.7. The molecule has 354 valence electrons. The molecule has 0 bridgehead atoms. The summed E-state index contributed by atoms with van der Waals surface area (Å²) in [6.45, 7) is 6.67. The summed E-state index contributed by atoms with van der Waals surface area (Å²) in [5.74, 6) is 0. The van der Waals surface area contributed by atoms with E-state index < -0.39 is 55.5 Å². The second kappa shape index (κ2) is 35.5. The van der Waals surface area contributed by atoms with Crippen molar-refractivity contribution in [1.82, 2.24) is 19.6 Å². The molecule has 2 heterocycles. The van der Waals surface area contributed by atoms with Gasteiger partial charge >= 0.3 is 34.1 Å². The van der Waals surface area contributed by atoms with Gasteiger partial charge in [-0.3, -0.25) is 19.6 Å². The molecule has 0 aromatic rings. The van der Waals surface area contributed by atoms with Gasteiger partial charge in [-0.25, -0.2) is 0 Å². The molecule has 2 fully saturated rings. The van der Waals surface area contributed by atoms with Gasteiger partial charge in [0.15, 0.2) is 0 Å². The fourth-order valence-corrected chi connectivity index (χ4v) is 8.01. The molecule has 4 unspecified atom stereocenters. The van der Waals surface area contributed by atoms with Gasteiger partial charge in [-0.15, -0.1) is 0 Å². The predicted octanol–water partition coefficient (Wildman–Crippen LogP) is -4.65. The van der Waals surface area contributed by atoms with E-state index in [0.29, 0.717) is 52.4 Å². The van der Waals surface area contributed by atoms with Crippen molar-refractivity contribution in [3.8, 4) is 0 Å². The van der Waals surface area contributed by atoms with Crippen LogP contribution < -0.4 is 19.6 Å². The Morgan fingerprint density at radius 2 is 0.431 bits per heavy atom. The van der Waals surface area contributed by atoms with Crippen molar-refractivity contribution in [2.45, 2.75) is 0 Å². The molecule has 58 heavy (non-hydrogen) atoms. The first-order valence-electron chi connectivity index (χ1n) is 17.9. The summed E-state index contributed by atoms with van der Waals surface area (Å²) < 4.78 is 87.5. The number of nitrogens with zero attached hydrogens (tertiary/aromatic N) is 4. The van der Waals surface area contributed by atoms with E-state index in [1.807, 2.05) is 0 Å². The molecular formula is C28H60Cu2N4O20P4. The van der Waals surface area contributed by atoms with Crippen molar-refractivity contribution < 1.29 is 129 Å². The van der Waals surface area contributed by atoms with E-state index >= 15 is 0 Å². The van der Waals surface area contributed by atoms with Crippen LogP contribution in [0.3, 0.4) is 0 Å². The molecular weight excluding hydrogens is 963 g/mol. The van der Waals surface area contributed by atoms with E-state index in [9.17, 15) is 37.8 Å². The zero-order valence-electron chi connectivity index (χ0n) is 32.3. The zero-order chi connectivity index (χ0) is 41.8. The molecule has 0 aromatic carbocycles. The Balaban J connectivity index is 0. The van der Waals surface area contributed by atoms with Gasteiger partial charge in [0.25, 0.3) is 0 Å². The van der Waals surface area contributed by atoms with E-state index in [1.165, 1.54) is 19.6 Å². The molecule has 24 nitrogen and oxygen atoms in total. The van der Waals surface area contributed by atoms with E-state index in [2.05, 4.69) is 0 Å². The Morgan fingerprint density at radius 3 is 0.534 bits per heavy atom. The maximum absolute atomic E-state index is 11.1. The molecule has 4 atom stereocenters. The largest absolute Gasteiger partial charge is 2.00 e. The molecule has 0 aromatic heterocycles. The molecule has 2 aliphatic heterocycles. The van der Waals surface area contributed by atoms with E-state index in [1.54, 1.807) is 0 Å². The maximum atomic E-state index is 11.1. The van der Waals surface area contributed by atoms with Crippen molar-refractivity contribution in [3.05, 3.63) is 0 Å². The summed E-state index contributed by atoms with van der Waals surface area (Å²) in [6, 6.07) is 0. The SMILES string of the molecule is O=P([O-])(O)CN1CCOCCOCCN(CP(=O)([O-])O)CCOCCOCC1.O=P([O-])(O)CN1CCOCCOCCN(CP(=O)([O-])O)CCOCCOCC1.[Cu+2].[Cu+2]. The molecule has 2 saturated heterocycles. The average molecular weight is 1020 g/mol. The number of ether oxygens (including phenoxy) is 8. The summed E-state index contributed by atoms with van der Waals surface area (Å²) in [6.07, 6.45) is -1.90. The number of hydrogen-bond donors (Lipinski definition) is 4. The first kappa shape index (κ1) is 61.2. The summed E-state index contributed by atoms with van der Waals surface area (Å²) in [5, 5.41) is 0. The van der Waals surface area contributed by atoms with Gasteiger partial charge in [-0.2, -0.15) is 0 Å². The van der Waals surface area contributed by atoms with Crippen molar-refractivity contribution in [3.63, 3.8) is 0 Å². The quantitative estimate of drug-likeness (QED) is 0.131. The van der Waals surface area contributed by atoms with E-state index in [0.717, 1.165) is 0 Å². The van der Waals surface area contributed by atoms with Gasteiger partial charge in [-0.05, 0) is 0 Å². The first-order chi connectivity index (χ1) is 26.3. The van der Waals surface area contributed by atoms with Crippen LogP contribution in [0.5, 0.6) is 0 Å². The molecule has 0 amide bonds. The van der Waals surface area contributed by atoms with Crippen molar-refractivity contribution >= 4 is 30.4 Å². The Hall–Kier alpha value is 1.16. The average Bonchev–Trinajstić information content (AvgIpc) is 3.05. The van der Waals surface area contributed by atoms with Gasteiger partial charge in [-0.1, -0.05) is 0 Å². The van der Waals surface area contributed by atoms with Gasteiger partial charge in [0.2, 0.25) is 0 Å². The number of rotatable bonds is 8. The van der Waals surface area contributed by atoms with Gasteiger partial charge in [0.1, 0.15) is 30.4 Å². The summed E-state index contributed by atoms with van der Waals surface area (Å²) >= 11 is 0. The normalized spacial score (nSPS) is 25.0. The standard InChI is InChI=1S/2C14H32N2O10P2.2Cu/c2*17-27(18,19)13-15-1-5-23-9-10-25-7-3-16(14-28(20,21)22)4-8-26-12-11-24-6-2-15;;/h2*1-14H2,(H2,17,18,19)(H2,20,21,22);;/q;;2*+2/p-4. The Morgan fingerprint density at radius 1 is 0.310 bits per heavy atom. The molecule has 0 saturated carbocycles. The molecule has 2 rings (SSSR count). The summed E-state index contributed by atoms with van der Waals surface area (Å²) in [7, 11) is -17.7. The monoisotopic (exact) mass is 1020 g/mol. The Kier molecular flexibility index (Phi) is 37.5. The second-order valence-electron chi connectivity index (χ2n) is 12.5. The smallest absolute Gasteiger partial charge is 0.778 e. The van der Waals surface area contributed by atoms with Crippen LogP contribution in [-0.2, 0) is 90.3 Å². The third kappa shape index (κ3) is 42.5. The van der Waals surface area contributed by atoms with Crippen LogP contribution in [-0.4, -0.2) is 222 Å². The Bertz CT molecular complexity index is 974. The molecule has 30 heteroatoms. The minimum atomic E-state index is -4.42. The van der Waals surface area contributed by atoms with Gasteiger partial charge in [0.05, 0.1) is 131 Å². The fraction of sp³-hybridized carbons (Fsp3) is 1.00. The fourth-order valence-electron chi connectivity index (χ4n) is 4.86. The van der Waals surface area contributed by atoms with Crippen molar-refractivity contribution in [1.29, 1.82) is 0 Å². The second-order valence-corrected chi connectivity index (χ2v) is 18.7. The van der Waals surface area contributed by atoms with Crippen LogP contribution in [0.25, 0.3) is 0 Å². The van der Waals surface area contributed by atoms with Crippen LogP contribution in [0.4, 0.5) is 0 Å². The maximum Gasteiger partial charge on any atom is 2.00 e. The van der Waals surface area contributed by atoms with E-state index in [-0.39, 0.29) is 140 Å². The predicted molar refractivity (Wildman–Crippen MR) is 192 cm³/mol. The minimum Gasteiger partial charge on any atom is -0.778 e. The van der Waals surface area contributed by atoms with Crippen molar-refractivity contribution in [2.75, 3.05) is 183 Å². The first-order valence-corrected chi connectivity index (χ1v) is 25.0. The van der Waals surface area contributed by atoms with E-state index in [4.69, 9.17) is 57.5 Å². The molecule has 2 radical (unpaired) electrons.